The smallest absolute Gasteiger partial charge is 0.274 e. The average molecular weight is 196 g/mol. The van der Waals surface area contributed by atoms with Crippen LogP contribution in [0.4, 0.5) is 5.69 Å². The standard InChI is InChI=1S/C12H8N2O/c1-7-6-9-8-4-2-3-5-10(8)14-11(9)12(15)13-7/h2-6H,1H2,(H,13,15). The number of fused-ring (bicyclic) bond motifs is 3. The normalized spacial score (nSPS) is 11.7. The third-order valence-corrected chi connectivity index (χ3v) is 2.49. The number of H-pyrrole nitrogens is 1. The SMILES string of the molecule is C=c1cc2c(c(=O)[nH]1)=Nc1ccccc1-2. The molecule has 0 aliphatic carbocycles. The lowest BCUT2D eigenvalue weighted by Crippen LogP contribution is -2.33. The first kappa shape index (κ1) is 8.17. The highest BCUT2D eigenvalue weighted by Crippen LogP contribution is 2.30. The lowest BCUT2D eigenvalue weighted by Gasteiger charge is -1.96. The van der Waals surface area contributed by atoms with Crippen LogP contribution in [0.25, 0.3) is 17.7 Å². The van der Waals surface area contributed by atoms with E-state index in [4.69, 9.17) is 0 Å². The van der Waals surface area contributed by atoms with Crippen molar-refractivity contribution in [3.8, 4) is 11.1 Å². The van der Waals surface area contributed by atoms with Gasteiger partial charge in [-0.05, 0) is 12.1 Å². The van der Waals surface area contributed by atoms with Crippen molar-refractivity contribution in [2.24, 2.45) is 4.99 Å². The summed E-state index contributed by atoms with van der Waals surface area (Å²) in [6, 6.07) is 9.56. The van der Waals surface area contributed by atoms with E-state index in [-0.39, 0.29) is 5.56 Å². The molecule has 0 fully saturated rings. The molecule has 2 heterocycles. The van der Waals surface area contributed by atoms with E-state index >= 15 is 0 Å². The highest BCUT2D eigenvalue weighted by Gasteiger charge is 2.14. The van der Waals surface area contributed by atoms with Gasteiger partial charge in [0.25, 0.3) is 5.56 Å². The molecule has 0 radical (unpaired) electrons. The van der Waals surface area contributed by atoms with Gasteiger partial charge < -0.3 is 4.98 Å². The molecule has 3 heteroatoms. The molecule has 0 saturated heterocycles. The van der Waals surface area contributed by atoms with Crippen molar-refractivity contribution < 1.29 is 0 Å². The van der Waals surface area contributed by atoms with Gasteiger partial charge in [-0.25, -0.2) is 4.99 Å². The van der Waals surface area contributed by atoms with Gasteiger partial charge in [0.15, 0.2) is 0 Å². The van der Waals surface area contributed by atoms with Crippen molar-refractivity contribution in [2.45, 2.75) is 0 Å². The van der Waals surface area contributed by atoms with Crippen molar-refractivity contribution in [2.75, 3.05) is 0 Å². The summed E-state index contributed by atoms with van der Waals surface area (Å²) < 4.78 is 0. The van der Waals surface area contributed by atoms with Gasteiger partial charge in [0.1, 0.15) is 5.36 Å². The molecule has 1 N–H and O–H groups in total. The number of nitrogens with one attached hydrogen (secondary N) is 1. The number of nitrogens with zero attached hydrogens (tertiary/aromatic N) is 1. The highest BCUT2D eigenvalue weighted by atomic mass is 16.1. The monoisotopic (exact) mass is 196 g/mol. The molecule has 0 saturated carbocycles. The van der Waals surface area contributed by atoms with E-state index in [0.717, 1.165) is 16.8 Å². The number of aromatic amines is 1. The Labute approximate surface area is 85.4 Å². The summed E-state index contributed by atoms with van der Waals surface area (Å²) in [7, 11) is 0. The van der Waals surface area contributed by atoms with Crippen LogP contribution < -0.4 is 16.3 Å². The number of pyridine rings is 1. The summed E-state index contributed by atoms with van der Waals surface area (Å²) in [6.07, 6.45) is 0. The van der Waals surface area contributed by atoms with E-state index < -0.39 is 0 Å². The van der Waals surface area contributed by atoms with Crippen LogP contribution in [0.5, 0.6) is 0 Å². The first-order valence-electron chi connectivity index (χ1n) is 4.66. The average Bonchev–Trinajstić information content (AvgIpc) is 2.57. The van der Waals surface area contributed by atoms with Crippen LogP contribution in [-0.2, 0) is 0 Å². The first-order chi connectivity index (χ1) is 7.25. The Hall–Kier alpha value is -2.16. The minimum Gasteiger partial charge on any atom is -0.321 e. The molecule has 1 aliphatic heterocycles. The quantitative estimate of drug-likeness (QED) is 0.565. The molecule has 2 aromatic rings. The Balaban J connectivity index is 2.54. The van der Waals surface area contributed by atoms with Crippen LogP contribution in [-0.4, -0.2) is 4.98 Å². The third kappa shape index (κ3) is 1.06. The highest BCUT2D eigenvalue weighted by molar-refractivity contribution is 5.78. The number of para-hydroxylation sites is 1. The molecule has 3 rings (SSSR count). The second-order valence-electron chi connectivity index (χ2n) is 3.51. The van der Waals surface area contributed by atoms with Crippen molar-refractivity contribution in [1.29, 1.82) is 0 Å². The fourth-order valence-corrected chi connectivity index (χ4v) is 1.84. The van der Waals surface area contributed by atoms with Gasteiger partial charge in [-0.1, -0.05) is 24.8 Å². The van der Waals surface area contributed by atoms with Crippen LogP contribution in [0.2, 0.25) is 0 Å². The first-order valence-corrected chi connectivity index (χ1v) is 4.66. The van der Waals surface area contributed by atoms with Crippen LogP contribution in [0.1, 0.15) is 0 Å². The third-order valence-electron chi connectivity index (χ3n) is 2.49. The Morgan fingerprint density at radius 1 is 1.20 bits per heavy atom. The number of rotatable bonds is 0. The lowest BCUT2D eigenvalue weighted by atomic mass is 10.1. The van der Waals surface area contributed by atoms with Gasteiger partial charge in [0.05, 0.1) is 5.69 Å². The number of benzene rings is 1. The van der Waals surface area contributed by atoms with Crippen LogP contribution in [0.3, 0.4) is 0 Å². The van der Waals surface area contributed by atoms with E-state index in [9.17, 15) is 4.79 Å². The van der Waals surface area contributed by atoms with Gasteiger partial charge in [0.2, 0.25) is 0 Å². The molecule has 1 aromatic carbocycles. The van der Waals surface area contributed by atoms with Gasteiger partial charge in [-0.3, -0.25) is 4.79 Å². The molecule has 72 valence electrons. The predicted molar refractivity (Wildman–Crippen MR) is 58.5 cm³/mol. The van der Waals surface area contributed by atoms with Crippen LogP contribution >= 0.6 is 0 Å². The minimum absolute atomic E-state index is 0.173. The molecule has 0 amide bonds. The molecule has 1 aliphatic rings. The molecule has 3 nitrogen and oxygen atoms in total. The van der Waals surface area contributed by atoms with E-state index in [1.807, 2.05) is 30.3 Å². The van der Waals surface area contributed by atoms with Crippen molar-refractivity contribution >= 4 is 12.3 Å². The maximum Gasteiger partial charge on any atom is 0.274 e. The zero-order valence-corrected chi connectivity index (χ0v) is 7.95. The Morgan fingerprint density at radius 2 is 2.00 bits per heavy atom. The summed E-state index contributed by atoms with van der Waals surface area (Å²) in [5, 5.41) is 1.11. The van der Waals surface area contributed by atoms with Gasteiger partial charge >= 0.3 is 0 Å². The Morgan fingerprint density at radius 3 is 2.87 bits per heavy atom. The molecule has 0 bridgehead atoms. The Bertz CT molecular complexity index is 713. The number of hydrogen-bond donors (Lipinski definition) is 1. The van der Waals surface area contributed by atoms with Gasteiger partial charge in [-0.15, -0.1) is 0 Å². The number of hydrogen-bond acceptors (Lipinski definition) is 2. The Kier molecular flexibility index (Phi) is 1.45. The minimum atomic E-state index is -0.173. The van der Waals surface area contributed by atoms with Crippen LogP contribution in [0.15, 0.2) is 40.1 Å². The van der Waals surface area contributed by atoms with Crippen molar-refractivity contribution in [1.82, 2.24) is 4.98 Å². The maximum absolute atomic E-state index is 11.6. The molecule has 15 heavy (non-hydrogen) atoms. The predicted octanol–water partition coefficient (Wildman–Crippen LogP) is 0.717. The summed E-state index contributed by atoms with van der Waals surface area (Å²) >= 11 is 0. The fourth-order valence-electron chi connectivity index (χ4n) is 1.84. The molecule has 0 spiro atoms. The summed E-state index contributed by atoms with van der Waals surface area (Å²) in [4.78, 5) is 18.5. The van der Waals surface area contributed by atoms with Crippen molar-refractivity contribution in [3.63, 3.8) is 0 Å². The molecule has 1 aromatic heterocycles. The zero-order valence-electron chi connectivity index (χ0n) is 7.95. The molecular formula is C12H8N2O. The lowest BCUT2D eigenvalue weighted by molar-refractivity contribution is 1.13. The van der Waals surface area contributed by atoms with E-state index in [1.165, 1.54) is 0 Å². The topological polar surface area (TPSA) is 45.2 Å². The van der Waals surface area contributed by atoms with E-state index in [1.54, 1.807) is 0 Å². The van der Waals surface area contributed by atoms with Crippen LogP contribution in [0, 0.1) is 0 Å². The summed E-state index contributed by atoms with van der Waals surface area (Å²) in [6.45, 7) is 3.73. The second kappa shape index (κ2) is 2.67. The summed E-state index contributed by atoms with van der Waals surface area (Å²) in [5.74, 6) is 0. The zero-order chi connectivity index (χ0) is 10.4. The van der Waals surface area contributed by atoms with E-state index in [2.05, 4.69) is 16.6 Å². The van der Waals surface area contributed by atoms with Gasteiger partial charge in [0, 0.05) is 16.5 Å². The van der Waals surface area contributed by atoms with E-state index in [0.29, 0.717) is 10.7 Å². The fraction of sp³-hybridized carbons (Fsp3) is 0. The van der Waals surface area contributed by atoms with Crippen molar-refractivity contribution in [3.05, 3.63) is 51.4 Å². The maximum atomic E-state index is 11.6. The van der Waals surface area contributed by atoms with Gasteiger partial charge in [-0.2, -0.15) is 0 Å². The molecule has 0 unspecified atom stereocenters. The summed E-state index contributed by atoms with van der Waals surface area (Å²) in [5.41, 5.74) is 2.56. The largest absolute Gasteiger partial charge is 0.321 e. The molecular weight excluding hydrogens is 188 g/mol. The number of aromatic nitrogens is 1. The second-order valence-corrected chi connectivity index (χ2v) is 3.51. The molecule has 0 atom stereocenters.